The van der Waals surface area contributed by atoms with E-state index in [0.29, 0.717) is 0 Å². The van der Waals surface area contributed by atoms with Gasteiger partial charge in [-0.15, -0.1) is 0 Å². The first-order valence-electron chi connectivity index (χ1n) is 6.28. The summed E-state index contributed by atoms with van der Waals surface area (Å²) in [7, 11) is 2.13. The van der Waals surface area contributed by atoms with Gasteiger partial charge in [0, 0.05) is 6.54 Å². The lowest BCUT2D eigenvalue weighted by Crippen LogP contribution is -2.21. The molecule has 0 aliphatic rings. The van der Waals surface area contributed by atoms with Crippen LogP contribution >= 0.6 is 0 Å². The van der Waals surface area contributed by atoms with Gasteiger partial charge < -0.3 is 15.4 Å². The third-order valence-electron chi connectivity index (χ3n) is 2.74. The van der Waals surface area contributed by atoms with Crippen LogP contribution in [0.25, 0.3) is 0 Å². The molecular formula is C14H24N2O. The topological polar surface area (TPSA) is 38.5 Å². The largest absolute Gasteiger partial charge is 0.494 e. The molecule has 0 saturated heterocycles. The zero-order valence-corrected chi connectivity index (χ0v) is 11.2. The van der Waals surface area contributed by atoms with Crippen molar-refractivity contribution < 1.29 is 4.74 Å². The fourth-order valence-corrected chi connectivity index (χ4v) is 1.88. The third-order valence-corrected chi connectivity index (χ3v) is 2.74. The highest BCUT2D eigenvalue weighted by molar-refractivity contribution is 5.36. The van der Waals surface area contributed by atoms with Crippen LogP contribution < -0.4 is 10.5 Å². The minimum absolute atomic E-state index is 0.719. The van der Waals surface area contributed by atoms with Crippen LogP contribution in [0.5, 0.6) is 5.75 Å². The number of hydrogen-bond donors (Lipinski definition) is 1. The van der Waals surface area contributed by atoms with Gasteiger partial charge in [0.15, 0.2) is 0 Å². The molecule has 0 heterocycles. The number of benzene rings is 1. The van der Waals surface area contributed by atoms with Crippen LogP contribution in [0, 0.1) is 6.92 Å². The smallest absolute Gasteiger partial charge is 0.122 e. The van der Waals surface area contributed by atoms with Crippen LogP contribution in [0.1, 0.15) is 24.5 Å². The summed E-state index contributed by atoms with van der Waals surface area (Å²) < 4.78 is 5.53. The highest BCUT2D eigenvalue weighted by Gasteiger charge is 2.03. The molecule has 0 amide bonds. The number of nitrogens with zero attached hydrogens (tertiary/aromatic N) is 1. The van der Waals surface area contributed by atoms with Crippen molar-refractivity contribution in [3.63, 3.8) is 0 Å². The van der Waals surface area contributed by atoms with E-state index in [4.69, 9.17) is 10.5 Å². The number of ether oxygens (including phenoxy) is 1. The van der Waals surface area contributed by atoms with Gasteiger partial charge in [-0.3, -0.25) is 0 Å². The van der Waals surface area contributed by atoms with Crippen molar-refractivity contribution >= 4 is 0 Å². The number of rotatable bonds is 7. The predicted octanol–water partition coefficient (Wildman–Crippen LogP) is 2.17. The van der Waals surface area contributed by atoms with Crippen LogP contribution in [0.2, 0.25) is 0 Å². The first-order valence-corrected chi connectivity index (χ1v) is 6.28. The van der Waals surface area contributed by atoms with E-state index in [0.717, 1.165) is 38.4 Å². The van der Waals surface area contributed by atoms with Crippen molar-refractivity contribution in [3.05, 3.63) is 29.3 Å². The summed E-state index contributed by atoms with van der Waals surface area (Å²) in [6.45, 7) is 7.58. The average molecular weight is 236 g/mol. The van der Waals surface area contributed by atoms with E-state index >= 15 is 0 Å². The average Bonchev–Trinajstić information content (AvgIpc) is 2.30. The van der Waals surface area contributed by atoms with E-state index in [1.165, 1.54) is 11.1 Å². The molecule has 17 heavy (non-hydrogen) atoms. The summed E-state index contributed by atoms with van der Waals surface area (Å²) in [6.07, 6.45) is 1.05. The van der Waals surface area contributed by atoms with Gasteiger partial charge in [0.2, 0.25) is 0 Å². The van der Waals surface area contributed by atoms with E-state index in [9.17, 15) is 0 Å². The molecule has 0 aliphatic carbocycles. The Balaban J connectivity index is 2.57. The van der Waals surface area contributed by atoms with E-state index in [1.54, 1.807) is 0 Å². The highest BCUT2D eigenvalue weighted by Crippen LogP contribution is 2.19. The SMILES string of the molecule is CCOc1ccc(CN(C)CCCN)cc1C. The molecule has 1 aromatic carbocycles. The molecule has 0 bridgehead atoms. The van der Waals surface area contributed by atoms with E-state index in [1.807, 2.05) is 6.92 Å². The van der Waals surface area contributed by atoms with Gasteiger partial charge in [-0.25, -0.2) is 0 Å². The third kappa shape index (κ3) is 4.75. The molecule has 3 nitrogen and oxygen atoms in total. The minimum atomic E-state index is 0.719. The Morgan fingerprint density at radius 1 is 1.35 bits per heavy atom. The summed E-state index contributed by atoms with van der Waals surface area (Å²) in [4.78, 5) is 2.29. The van der Waals surface area contributed by atoms with Gasteiger partial charge >= 0.3 is 0 Å². The Morgan fingerprint density at radius 2 is 2.12 bits per heavy atom. The second kappa shape index (κ2) is 7.30. The Morgan fingerprint density at radius 3 is 2.71 bits per heavy atom. The number of hydrogen-bond acceptors (Lipinski definition) is 3. The molecule has 0 radical (unpaired) electrons. The first kappa shape index (κ1) is 14.0. The molecule has 0 aromatic heterocycles. The molecule has 0 spiro atoms. The monoisotopic (exact) mass is 236 g/mol. The maximum Gasteiger partial charge on any atom is 0.122 e. The fraction of sp³-hybridized carbons (Fsp3) is 0.571. The molecule has 2 N–H and O–H groups in total. The lowest BCUT2D eigenvalue weighted by atomic mass is 10.1. The Labute approximate surface area is 105 Å². The summed E-state index contributed by atoms with van der Waals surface area (Å²) in [6, 6.07) is 6.39. The molecule has 0 fully saturated rings. The molecule has 3 heteroatoms. The van der Waals surface area contributed by atoms with Crippen molar-refractivity contribution in [1.29, 1.82) is 0 Å². The van der Waals surface area contributed by atoms with Crippen molar-refractivity contribution in [2.75, 3.05) is 26.7 Å². The highest BCUT2D eigenvalue weighted by atomic mass is 16.5. The first-order chi connectivity index (χ1) is 8.17. The Kier molecular flexibility index (Phi) is 6.01. The van der Waals surface area contributed by atoms with Gasteiger partial charge in [-0.1, -0.05) is 12.1 Å². The van der Waals surface area contributed by atoms with Crippen LogP contribution in [0.3, 0.4) is 0 Å². The van der Waals surface area contributed by atoms with Crippen LogP contribution in [-0.4, -0.2) is 31.6 Å². The molecule has 1 rings (SSSR count). The van der Waals surface area contributed by atoms with Gasteiger partial charge in [-0.2, -0.15) is 0 Å². The molecule has 0 saturated carbocycles. The van der Waals surface area contributed by atoms with Gasteiger partial charge in [0.25, 0.3) is 0 Å². The predicted molar refractivity (Wildman–Crippen MR) is 72.4 cm³/mol. The fourth-order valence-electron chi connectivity index (χ4n) is 1.88. The molecule has 1 aromatic rings. The molecule has 0 unspecified atom stereocenters. The summed E-state index contributed by atoms with van der Waals surface area (Å²) in [5, 5.41) is 0. The Bertz CT molecular complexity index is 339. The summed E-state index contributed by atoms with van der Waals surface area (Å²) >= 11 is 0. The van der Waals surface area contributed by atoms with Gasteiger partial charge in [-0.05, 0) is 57.6 Å². The van der Waals surface area contributed by atoms with E-state index in [2.05, 4.69) is 37.1 Å². The maximum atomic E-state index is 5.53. The summed E-state index contributed by atoms with van der Waals surface area (Å²) in [5.41, 5.74) is 8.03. The van der Waals surface area contributed by atoms with Crippen molar-refractivity contribution in [1.82, 2.24) is 4.90 Å². The normalized spacial score (nSPS) is 10.9. The van der Waals surface area contributed by atoms with E-state index < -0.39 is 0 Å². The lowest BCUT2D eigenvalue weighted by molar-refractivity contribution is 0.322. The molecule has 0 aliphatic heterocycles. The van der Waals surface area contributed by atoms with Gasteiger partial charge in [0.05, 0.1) is 6.61 Å². The zero-order valence-electron chi connectivity index (χ0n) is 11.2. The maximum absolute atomic E-state index is 5.53. The second-order valence-electron chi connectivity index (χ2n) is 4.41. The van der Waals surface area contributed by atoms with E-state index in [-0.39, 0.29) is 0 Å². The van der Waals surface area contributed by atoms with Gasteiger partial charge in [0.1, 0.15) is 5.75 Å². The second-order valence-corrected chi connectivity index (χ2v) is 4.41. The number of aryl methyl sites for hydroxylation is 1. The quantitative estimate of drug-likeness (QED) is 0.788. The molecular weight excluding hydrogens is 212 g/mol. The standard InChI is InChI=1S/C14H24N2O/c1-4-17-14-7-6-13(10-12(14)2)11-16(3)9-5-8-15/h6-7,10H,4-5,8-9,11,15H2,1-3H3. The zero-order chi connectivity index (χ0) is 12.7. The number of nitrogens with two attached hydrogens (primary N) is 1. The van der Waals surface area contributed by atoms with Crippen LogP contribution in [-0.2, 0) is 6.54 Å². The Hall–Kier alpha value is -1.06. The van der Waals surface area contributed by atoms with Crippen molar-refractivity contribution in [3.8, 4) is 5.75 Å². The minimum Gasteiger partial charge on any atom is -0.494 e. The summed E-state index contributed by atoms with van der Waals surface area (Å²) in [5.74, 6) is 0.987. The van der Waals surface area contributed by atoms with Crippen molar-refractivity contribution in [2.45, 2.75) is 26.8 Å². The molecule has 96 valence electrons. The van der Waals surface area contributed by atoms with Crippen molar-refractivity contribution in [2.24, 2.45) is 5.73 Å². The van der Waals surface area contributed by atoms with Crippen LogP contribution in [0.15, 0.2) is 18.2 Å². The lowest BCUT2D eigenvalue weighted by Gasteiger charge is -2.17. The molecule has 0 atom stereocenters. The van der Waals surface area contributed by atoms with Crippen LogP contribution in [0.4, 0.5) is 0 Å².